The van der Waals surface area contributed by atoms with Crippen LogP contribution < -0.4 is 5.32 Å². The van der Waals surface area contributed by atoms with Crippen molar-refractivity contribution < 1.29 is 24.5 Å². The van der Waals surface area contributed by atoms with Crippen molar-refractivity contribution in [2.45, 2.75) is 322 Å². The standard InChI is InChI=1S/C53H105NO5/c1-4-7-10-13-16-19-22-24-25-26-27-29-30-32-35-38-41-44-49(59-53(58)46-43-40-37-34-21-18-15-12-9-6-3)47-52(57)54-50(48-55)51(56)45-42-39-36-33-31-28-23-20-17-14-11-8-5-2/h49-51,55-56H,4-48H2,1-3H3,(H,54,57). The van der Waals surface area contributed by atoms with E-state index < -0.39 is 18.2 Å². The minimum Gasteiger partial charge on any atom is -0.462 e. The van der Waals surface area contributed by atoms with E-state index in [9.17, 15) is 19.8 Å². The molecule has 0 saturated heterocycles. The molecule has 3 unspecified atom stereocenters. The molecule has 0 heterocycles. The minimum absolute atomic E-state index is 0.0879. The van der Waals surface area contributed by atoms with E-state index in [4.69, 9.17) is 4.74 Å². The van der Waals surface area contributed by atoms with Crippen molar-refractivity contribution in [2.24, 2.45) is 0 Å². The molecule has 0 aliphatic heterocycles. The number of unbranched alkanes of at least 4 members (excludes halogenated alkanes) is 37. The normalized spacial score (nSPS) is 13.1. The Kier molecular flexibility index (Phi) is 47.0. The van der Waals surface area contributed by atoms with Crippen LogP contribution in [0.1, 0.15) is 303 Å². The third-order valence-corrected chi connectivity index (χ3v) is 12.7. The largest absolute Gasteiger partial charge is 0.462 e. The summed E-state index contributed by atoms with van der Waals surface area (Å²) in [6.45, 7) is 6.51. The fourth-order valence-corrected chi connectivity index (χ4v) is 8.61. The van der Waals surface area contributed by atoms with Gasteiger partial charge in [0.1, 0.15) is 6.10 Å². The lowest BCUT2D eigenvalue weighted by Crippen LogP contribution is -2.46. The van der Waals surface area contributed by atoms with E-state index >= 15 is 0 Å². The first-order chi connectivity index (χ1) is 29.0. The van der Waals surface area contributed by atoms with Crippen LogP contribution >= 0.6 is 0 Å². The van der Waals surface area contributed by atoms with Crippen LogP contribution in [-0.2, 0) is 14.3 Å². The Balaban J connectivity index is 4.48. The molecule has 0 aromatic rings. The number of ether oxygens (including phenoxy) is 1. The monoisotopic (exact) mass is 836 g/mol. The number of aliphatic hydroxyl groups is 2. The van der Waals surface area contributed by atoms with Gasteiger partial charge in [-0.2, -0.15) is 0 Å². The van der Waals surface area contributed by atoms with Crippen LogP contribution in [0.5, 0.6) is 0 Å². The highest BCUT2D eigenvalue weighted by Crippen LogP contribution is 2.19. The topological polar surface area (TPSA) is 95.9 Å². The Morgan fingerprint density at radius 2 is 0.712 bits per heavy atom. The van der Waals surface area contributed by atoms with Crippen molar-refractivity contribution in [2.75, 3.05) is 6.61 Å². The molecule has 6 nitrogen and oxygen atoms in total. The van der Waals surface area contributed by atoms with Crippen LogP contribution in [0.3, 0.4) is 0 Å². The highest BCUT2D eigenvalue weighted by Gasteiger charge is 2.24. The van der Waals surface area contributed by atoms with Gasteiger partial charge in [-0.1, -0.05) is 265 Å². The molecule has 352 valence electrons. The molecule has 3 N–H and O–H groups in total. The Morgan fingerprint density at radius 1 is 0.424 bits per heavy atom. The van der Waals surface area contributed by atoms with Crippen molar-refractivity contribution in [1.82, 2.24) is 5.32 Å². The maximum Gasteiger partial charge on any atom is 0.306 e. The van der Waals surface area contributed by atoms with Crippen LogP contribution in [0.4, 0.5) is 0 Å². The summed E-state index contributed by atoms with van der Waals surface area (Å²) in [6.07, 6.45) is 51.6. The first-order valence-electron chi connectivity index (χ1n) is 26.8. The second-order valence-electron chi connectivity index (χ2n) is 18.6. The third-order valence-electron chi connectivity index (χ3n) is 12.7. The predicted octanol–water partition coefficient (Wildman–Crippen LogP) is 16.0. The lowest BCUT2D eigenvalue weighted by atomic mass is 10.0. The Labute approximate surface area is 368 Å². The van der Waals surface area contributed by atoms with Crippen LogP contribution in [0, 0.1) is 0 Å². The summed E-state index contributed by atoms with van der Waals surface area (Å²) < 4.78 is 5.94. The van der Waals surface area contributed by atoms with E-state index in [2.05, 4.69) is 26.1 Å². The number of hydrogen-bond donors (Lipinski definition) is 3. The molecule has 0 rings (SSSR count). The highest BCUT2D eigenvalue weighted by atomic mass is 16.5. The molecule has 0 spiro atoms. The molecular formula is C53H105NO5. The molecule has 0 aliphatic rings. The van der Waals surface area contributed by atoms with Crippen LogP contribution in [0.15, 0.2) is 0 Å². The second-order valence-corrected chi connectivity index (χ2v) is 18.6. The molecular weight excluding hydrogens is 731 g/mol. The first-order valence-corrected chi connectivity index (χ1v) is 26.8. The summed E-state index contributed by atoms with van der Waals surface area (Å²) in [5.41, 5.74) is 0. The number of amides is 1. The van der Waals surface area contributed by atoms with Crippen molar-refractivity contribution in [3.63, 3.8) is 0 Å². The van der Waals surface area contributed by atoms with Gasteiger partial charge in [0.25, 0.3) is 0 Å². The zero-order valence-electron chi connectivity index (χ0n) is 40.2. The number of hydrogen-bond acceptors (Lipinski definition) is 5. The van der Waals surface area contributed by atoms with E-state index in [0.717, 1.165) is 44.9 Å². The van der Waals surface area contributed by atoms with Gasteiger partial charge in [0.2, 0.25) is 5.91 Å². The highest BCUT2D eigenvalue weighted by molar-refractivity contribution is 5.77. The van der Waals surface area contributed by atoms with E-state index in [0.29, 0.717) is 19.3 Å². The van der Waals surface area contributed by atoms with Crippen LogP contribution in [0.2, 0.25) is 0 Å². The minimum atomic E-state index is -0.779. The summed E-state index contributed by atoms with van der Waals surface area (Å²) in [6, 6.07) is -0.692. The fourth-order valence-electron chi connectivity index (χ4n) is 8.61. The molecule has 3 atom stereocenters. The molecule has 0 saturated carbocycles. The van der Waals surface area contributed by atoms with Gasteiger partial charge >= 0.3 is 5.97 Å². The Morgan fingerprint density at radius 3 is 1.03 bits per heavy atom. The number of aliphatic hydroxyl groups excluding tert-OH is 2. The quantitative estimate of drug-likeness (QED) is 0.0419. The number of esters is 1. The number of nitrogens with one attached hydrogen (secondary N) is 1. The van der Waals surface area contributed by atoms with E-state index in [1.54, 1.807) is 0 Å². The van der Waals surface area contributed by atoms with Crippen LogP contribution in [-0.4, -0.2) is 46.9 Å². The molecule has 0 aliphatic carbocycles. The van der Waals surface area contributed by atoms with Gasteiger partial charge in [0.05, 0.1) is 25.2 Å². The third kappa shape index (κ3) is 43.3. The van der Waals surface area contributed by atoms with Gasteiger partial charge in [0.15, 0.2) is 0 Å². The maximum absolute atomic E-state index is 13.2. The summed E-state index contributed by atoms with van der Waals surface area (Å²) in [5, 5.41) is 23.8. The summed E-state index contributed by atoms with van der Waals surface area (Å²) in [7, 11) is 0. The molecule has 1 amide bonds. The van der Waals surface area contributed by atoms with E-state index in [1.807, 2.05) is 0 Å². The van der Waals surface area contributed by atoms with Crippen molar-refractivity contribution in [3.05, 3.63) is 0 Å². The van der Waals surface area contributed by atoms with Gasteiger partial charge < -0.3 is 20.3 Å². The van der Waals surface area contributed by atoms with Gasteiger partial charge in [-0.25, -0.2) is 0 Å². The zero-order valence-corrected chi connectivity index (χ0v) is 40.2. The lowest BCUT2D eigenvalue weighted by molar-refractivity contribution is -0.151. The van der Waals surface area contributed by atoms with Crippen molar-refractivity contribution >= 4 is 11.9 Å². The number of carbonyl (C=O) groups is 2. The Bertz CT molecular complexity index is 852. The molecule has 0 aromatic heterocycles. The second kappa shape index (κ2) is 47.9. The maximum atomic E-state index is 13.2. The lowest BCUT2D eigenvalue weighted by Gasteiger charge is -2.24. The van der Waals surface area contributed by atoms with E-state index in [-0.39, 0.29) is 24.9 Å². The van der Waals surface area contributed by atoms with Crippen molar-refractivity contribution in [3.8, 4) is 0 Å². The van der Waals surface area contributed by atoms with Gasteiger partial charge in [-0.3, -0.25) is 9.59 Å². The molecule has 0 aromatic carbocycles. The van der Waals surface area contributed by atoms with E-state index in [1.165, 1.54) is 212 Å². The molecule has 6 heteroatoms. The summed E-state index contributed by atoms with van der Waals surface area (Å²) in [5.74, 6) is -0.451. The molecule has 0 bridgehead atoms. The molecule has 0 fully saturated rings. The molecule has 59 heavy (non-hydrogen) atoms. The fraction of sp³-hybridized carbons (Fsp3) is 0.962. The predicted molar refractivity (Wildman–Crippen MR) is 255 cm³/mol. The summed E-state index contributed by atoms with van der Waals surface area (Å²) in [4.78, 5) is 26.1. The SMILES string of the molecule is CCCCCCCCCCCCCCCCCCCC(CC(=O)NC(CO)C(O)CCCCCCCCCCCCCCC)OC(=O)CCCCCCCCCCCC. The number of carbonyl (C=O) groups excluding carboxylic acids is 2. The average Bonchev–Trinajstić information content (AvgIpc) is 3.23. The summed E-state index contributed by atoms with van der Waals surface area (Å²) >= 11 is 0. The molecule has 0 radical (unpaired) electrons. The number of rotatable bonds is 49. The van der Waals surface area contributed by atoms with Gasteiger partial charge in [-0.05, 0) is 25.7 Å². The van der Waals surface area contributed by atoms with Crippen LogP contribution in [0.25, 0.3) is 0 Å². The first kappa shape index (κ1) is 57.9. The average molecular weight is 836 g/mol. The smallest absolute Gasteiger partial charge is 0.306 e. The van der Waals surface area contributed by atoms with Gasteiger partial charge in [-0.15, -0.1) is 0 Å². The zero-order chi connectivity index (χ0) is 43.1. The Hall–Kier alpha value is -1.14. The van der Waals surface area contributed by atoms with Gasteiger partial charge in [0, 0.05) is 6.42 Å². The van der Waals surface area contributed by atoms with Crippen molar-refractivity contribution in [1.29, 1.82) is 0 Å².